The monoisotopic (exact) mass is 378 g/mol. The number of nitrogens with zero attached hydrogens (tertiary/aromatic N) is 6. The van der Waals surface area contributed by atoms with Crippen LogP contribution in [0.3, 0.4) is 0 Å². The predicted octanol–water partition coefficient (Wildman–Crippen LogP) is 1.90. The summed E-state index contributed by atoms with van der Waals surface area (Å²) in [7, 11) is 7.93. The van der Waals surface area contributed by atoms with Gasteiger partial charge in [0.1, 0.15) is 0 Å². The normalized spacial score (nSPS) is 12.7. The van der Waals surface area contributed by atoms with Gasteiger partial charge in [0, 0.05) is 39.6 Å². The molecule has 0 saturated heterocycles. The second-order valence-electron chi connectivity index (χ2n) is 6.43. The summed E-state index contributed by atoms with van der Waals surface area (Å²) < 4.78 is 0. The Kier molecular flexibility index (Phi) is 7.27. The fourth-order valence-corrected chi connectivity index (χ4v) is 2.13. The van der Waals surface area contributed by atoms with Crippen molar-refractivity contribution < 1.29 is 0 Å². The molecule has 2 aromatic rings. The van der Waals surface area contributed by atoms with Gasteiger partial charge < -0.3 is 21.3 Å². The van der Waals surface area contributed by atoms with Crippen LogP contribution >= 0.6 is 0 Å². The van der Waals surface area contributed by atoms with Crippen LogP contribution in [-0.4, -0.2) is 52.3 Å². The average Bonchev–Trinajstić information content (AvgIpc) is 2.68. The van der Waals surface area contributed by atoms with E-state index in [1.807, 2.05) is 86.5 Å². The lowest BCUT2D eigenvalue weighted by atomic mass is 10.2. The maximum absolute atomic E-state index is 5.77. The summed E-state index contributed by atoms with van der Waals surface area (Å²) in [6, 6.07) is 15.7. The SMILES string of the molecule is CN(C)c1ccc(/C=N/N=C(N)C(N)=N/N=C/c2ccc(N(C)C)cc2)cc1. The molecular weight excluding hydrogens is 352 g/mol. The summed E-state index contributed by atoms with van der Waals surface area (Å²) in [6.45, 7) is 0. The molecule has 28 heavy (non-hydrogen) atoms. The van der Waals surface area contributed by atoms with Crippen molar-refractivity contribution in [3.8, 4) is 0 Å². The second kappa shape index (κ2) is 9.86. The largest absolute Gasteiger partial charge is 0.379 e. The zero-order valence-corrected chi connectivity index (χ0v) is 16.6. The first-order valence-electron chi connectivity index (χ1n) is 8.65. The Morgan fingerprint density at radius 3 is 1.25 bits per heavy atom. The summed E-state index contributed by atoms with van der Waals surface area (Å²) in [5.41, 5.74) is 15.5. The first-order chi connectivity index (χ1) is 13.4. The molecule has 0 fully saturated rings. The van der Waals surface area contributed by atoms with E-state index in [1.54, 1.807) is 12.4 Å². The van der Waals surface area contributed by atoms with Gasteiger partial charge in [-0.05, 0) is 35.4 Å². The summed E-state index contributed by atoms with van der Waals surface area (Å²) in [4.78, 5) is 4.04. The van der Waals surface area contributed by atoms with Crippen LogP contribution in [0.5, 0.6) is 0 Å². The first kappa shape index (κ1) is 20.6. The smallest absolute Gasteiger partial charge is 0.190 e. The Balaban J connectivity index is 1.97. The van der Waals surface area contributed by atoms with E-state index in [0.717, 1.165) is 22.5 Å². The summed E-state index contributed by atoms with van der Waals surface area (Å²) in [6.07, 6.45) is 3.18. The zero-order chi connectivity index (χ0) is 20.5. The van der Waals surface area contributed by atoms with Crippen molar-refractivity contribution in [2.45, 2.75) is 0 Å². The molecule has 4 N–H and O–H groups in total. The van der Waals surface area contributed by atoms with Crippen LogP contribution < -0.4 is 21.3 Å². The van der Waals surface area contributed by atoms with E-state index in [2.05, 4.69) is 20.4 Å². The minimum absolute atomic E-state index is 0.00117. The fraction of sp³-hybridized carbons (Fsp3) is 0.200. The van der Waals surface area contributed by atoms with E-state index in [0.29, 0.717) is 0 Å². The molecule has 0 spiro atoms. The lowest BCUT2D eigenvalue weighted by molar-refractivity contribution is 1.13. The molecule has 2 aromatic carbocycles. The van der Waals surface area contributed by atoms with E-state index < -0.39 is 0 Å². The predicted molar refractivity (Wildman–Crippen MR) is 120 cm³/mol. The second-order valence-corrected chi connectivity index (χ2v) is 6.43. The Morgan fingerprint density at radius 2 is 0.964 bits per heavy atom. The number of benzene rings is 2. The van der Waals surface area contributed by atoms with Gasteiger partial charge in [-0.3, -0.25) is 0 Å². The lowest BCUT2D eigenvalue weighted by Gasteiger charge is -2.11. The van der Waals surface area contributed by atoms with Crippen LogP contribution in [0.15, 0.2) is 68.9 Å². The van der Waals surface area contributed by atoms with Crippen LogP contribution in [0.1, 0.15) is 11.1 Å². The van der Waals surface area contributed by atoms with Gasteiger partial charge in [0.25, 0.3) is 0 Å². The molecule has 0 unspecified atom stereocenters. The highest BCUT2D eigenvalue weighted by atomic mass is 15.3. The van der Waals surface area contributed by atoms with E-state index in [9.17, 15) is 0 Å². The molecule has 0 aliphatic carbocycles. The van der Waals surface area contributed by atoms with E-state index in [-0.39, 0.29) is 11.7 Å². The number of hydrogen-bond donors (Lipinski definition) is 2. The molecule has 8 heteroatoms. The first-order valence-corrected chi connectivity index (χ1v) is 8.65. The van der Waals surface area contributed by atoms with Crippen molar-refractivity contribution in [1.82, 2.24) is 0 Å². The molecule has 8 nitrogen and oxygen atoms in total. The third kappa shape index (κ3) is 6.24. The third-order valence-electron chi connectivity index (χ3n) is 3.83. The van der Waals surface area contributed by atoms with Gasteiger partial charge in [-0.25, -0.2) is 0 Å². The molecule has 0 bridgehead atoms. The van der Waals surface area contributed by atoms with E-state index >= 15 is 0 Å². The fourth-order valence-electron chi connectivity index (χ4n) is 2.13. The lowest BCUT2D eigenvalue weighted by Crippen LogP contribution is -2.30. The van der Waals surface area contributed by atoms with Crippen molar-refractivity contribution in [2.75, 3.05) is 38.0 Å². The van der Waals surface area contributed by atoms with Crippen LogP contribution in [-0.2, 0) is 0 Å². The number of anilines is 2. The van der Waals surface area contributed by atoms with Gasteiger partial charge in [0.05, 0.1) is 12.4 Å². The van der Waals surface area contributed by atoms with E-state index in [1.165, 1.54) is 0 Å². The van der Waals surface area contributed by atoms with Crippen LogP contribution in [0.2, 0.25) is 0 Å². The minimum atomic E-state index is 0.00117. The standard InChI is InChI=1S/C20H26N8/c1-27(2)17-9-5-15(6-10-17)13-23-25-19(21)20(22)26-24-14-16-7-11-18(12-8-16)28(3)4/h5-14H,1-4H3,(H2,21,25)(H2,22,26)/b23-13+,24-14+. The van der Waals surface area contributed by atoms with Crippen molar-refractivity contribution in [3.63, 3.8) is 0 Å². The number of hydrogen-bond acceptors (Lipinski definition) is 6. The molecule has 0 amide bonds. The summed E-state index contributed by atoms with van der Waals surface area (Å²) in [5.74, 6) is 0.00235. The topological polar surface area (TPSA) is 108 Å². The van der Waals surface area contributed by atoms with Crippen molar-refractivity contribution in [1.29, 1.82) is 0 Å². The van der Waals surface area contributed by atoms with Gasteiger partial charge in [0.2, 0.25) is 0 Å². The number of amidine groups is 2. The molecule has 0 aliphatic heterocycles. The van der Waals surface area contributed by atoms with Crippen molar-refractivity contribution in [3.05, 3.63) is 59.7 Å². The molecule has 2 rings (SSSR count). The minimum Gasteiger partial charge on any atom is -0.379 e. The molecule has 0 atom stereocenters. The molecule has 0 saturated carbocycles. The highest BCUT2D eigenvalue weighted by Crippen LogP contribution is 2.11. The highest BCUT2D eigenvalue weighted by molar-refractivity contribution is 6.39. The van der Waals surface area contributed by atoms with Crippen molar-refractivity contribution in [2.24, 2.45) is 31.9 Å². The molecule has 0 aromatic heterocycles. The van der Waals surface area contributed by atoms with Crippen LogP contribution in [0.25, 0.3) is 0 Å². The molecule has 0 radical (unpaired) electrons. The Hall–Kier alpha value is -3.68. The summed E-state index contributed by atoms with van der Waals surface area (Å²) in [5, 5.41) is 15.6. The number of nitrogens with two attached hydrogens (primary N) is 2. The van der Waals surface area contributed by atoms with Gasteiger partial charge in [0.15, 0.2) is 11.7 Å². The molecular formula is C20H26N8. The Labute approximate surface area is 165 Å². The number of rotatable bonds is 6. The van der Waals surface area contributed by atoms with Gasteiger partial charge >= 0.3 is 0 Å². The molecule has 0 aliphatic rings. The highest BCUT2D eigenvalue weighted by Gasteiger charge is 1.98. The van der Waals surface area contributed by atoms with Crippen molar-refractivity contribution >= 4 is 35.5 Å². The maximum Gasteiger partial charge on any atom is 0.190 e. The average molecular weight is 378 g/mol. The zero-order valence-electron chi connectivity index (χ0n) is 16.6. The van der Waals surface area contributed by atoms with Crippen LogP contribution in [0, 0.1) is 0 Å². The quantitative estimate of drug-likeness (QED) is 0.455. The maximum atomic E-state index is 5.77. The molecule has 0 heterocycles. The van der Waals surface area contributed by atoms with Gasteiger partial charge in [-0.2, -0.15) is 10.2 Å². The van der Waals surface area contributed by atoms with E-state index in [4.69, 9.17) is 11.5 Å². The van der Waals surface area contributed by atoms with Gasteiger partial charge in [-0.15, -0.1) is 10.2 Å². The summed E-state index contributed by atoms with van der Waals surface area (Å²) >= 11 is 0. The Bertz CT molecular complexity index is 800. The van der Waals surface area contributed by atoms with Crippen LogP contribution in [0.4, 0.5) is 11.4 Å². The Morgan fingerprint density at radius 1 is 0.643 bits per heavy atom. The molecule has 146 valence electrons. The van der Waals surface area contributed by atoms with Gasteiger partial charge in [-0.1, -0.05) is 24.3 Å². The third-order valence-corrected chi connectivity index (χ3v) is 3.83.